The molecule has 86 valence electrons. The molecule has 0 spiro atoms. The van der Waals surface area contributed by atoms with Crippen LogP contribution in [0.2, 0.25) is 0 Å². The van der Waals surface area contributed by atoms with Crippen LogP contribution >= 0.6 is 0 Å². The predicted octanol–water partition coefficient (Wildman–Crippen LogP) is 2.83. The van der Waals surface area contributed by atoms with Crippen molar-refractivity contribution in [3.63, 3.8) is 0 Å². The summed E-state index contributed by atoms with van der Waals surface area (Å²) in [7, 11) is 2.05. The van der Waals surface area contributed by atoms with Gasteiger partial charge in [0.25, 0.3) is 0 Å². The average molecular weight is 201 g/mol. The largest absolute Gasteiger partial charge is 0.379 e. The van der Waals surface area contributed by atoms with Crippen molar-refractivity contribution in [2.45, 2.75) is 59.1 Å². The molecule has 0 aromatic carbocycles. The van der Waals surface area contributed by atoms with Gasteiger partial charge in [0.2, 0.25) is 0 Å². The lowest BCUT2D eigenvalue weighted by molar-refractivity contribution is 0.0742. The normalized spacial score (nSPS) is 13.9. The molecule has 2 nitrogen and oxygen atoms in total. The van der Waals surface area contributed by atoms with Crippen molar-refractivity contribution in [1.29, 1.82) is 0 Å². The number of hydrogen-bond donors (Lipinski definition) is 1. The van der Waals surface area contributed by atoms with E-state index < -0.39 is 0 Å². The first-order valence-corrected chi connectivity index (χ1v) is 5.85. The van der Waals surface area contributed by atoms with E-state index in [1.807, 2.05) is 0 Å². The van der Waals surface area contributed by atoms with Gasteiger partial charge in [-0.1, -0.05) is 13.8 Å². The molecule has 0 rings (SSSR count). The van der Waals surface area contributed by atoms with Crippen LogP contribution in [0.25, 0.3) is 0 Å². The van der Waals surface area contributed by atoms with Crippen LogP contribution in [0.5, 0.6) is 0 Å². The SMILES string of the molecule is CNC(CCCOC(C)C)CC(C)C. The quantitative estimate of drug-likeness (QED) is 0.610. The molecule has 1 unspecified atom stereocenters. The van der Waals surface area contributed by atoms with Crippen molar-refractivity contribution >= 4 is 0 Å². The molecule has 0 heterocycles. The third kappa shape index (κ3) is 8.52. The third-order valence-electron chi connectivity index (χ3n) is 2.31. The van der Waals surface area contributed by atoms with E-state index in [0.717, 1.165) is 18.9 Å². The van der Waals surface area contributed by atoms with E-state index in [0.29, 0.717) is 12.1 Å². The Morgan fingerprint density at radius 2 is 1.79 bits per heavy atom. The van der Waals surface area contributed by atoms with Crippen LogP contribution in [0.15, 0.2) is 0 Å². The molecule has 0 aromatic rings. The van der Waals surface area contributed by atoms with E-state index in [9.17, 15) is 0 Å². The van der Waals surface area contributed by atoms with Crippen LogP contribution < -0.4 is 5.32 Å². The molecule has 14 heavy (non-hydrogen) atoms. The van der Waals surface area contributed by atoms with Gasteiger partial charge in [-0.3, -0.25) is 0 Å². The summed E-state index contributed by atoms with van der Waals surface area (Å²) in [6, 6.07) is 0.658. The molecule has 1 N–H and O–H groups in total. The zero-order valence-electron chi connectivity index (χ0n) is 10.5. The highest BCUT2D eigenvalue weighted by atomic mass is 16.5. The van der Waals surface area contributed by atoms with Crippen LogP contribution in [-0.4, -0.2) is 25.8 Å². The Morgan fingerprint density at radius 1 is 1.14 bits per heavy atom. The Kier molecular flexibility index (Phi) is 8.20. The van der Waals surface area contributed by atoms with Gasteiger partial charge >= 0.3 is 0 Å². The molecule has 0 amide bonds. The van der Waals surface area contributed by atoms with E-state index in [2.05, 4.69) is 40.1 Å². The molecule has 0 saturated heterocycles. The van der Waals surface area contributed by atoms with Crippen molar-refractivity contribution < 1.29 is 4.74 Å². The lowest BCUT2D eigenvalue weighted by Gasteiger charge is -2.18. The van der Waals surface area contributed by atoms with Gasteiger partial charge in [0.15, 0.2) is 0 Å². The first-order valence-electron chi connectivity index (χ1n) is 5.85. The second-order valence-electron chi connectivity index (χ2n) is 4.68. The molecular formula is C12H27NO. The molecule has 0 aliphatic carbocycles. The minimum absolute atomic E-state index is 0.369. The van der Waals surface area contributed by atoms with E-state index in [4.69, 9.17) is 4.74 Å². The summed E-state index contributed by atoms with van der Waals surface area (Å²) in [6.07, 6.45) is 4.02. The van der Waals surface area contributed by atoms with Crippen molar-refractivity contribution in [3.05, 3.63) is 0 Å². The monoisotopic (exact) mass is 201 g/mol. The van der Waals surface area contributed by atoms with Crippen LogP contribution in [-0.2, 0) is 4.74 Å². The zero-order chi connectivity index (χ0) is 11.0. The fraction of sp³-hybridized carbons (Fsp3) is 1.00. The maximum atomic E-state index is 5.51. The average Bonchev–Trinajstić information content (AvgIpc) is 2.09. The molecule has 0 aromatic heterocycles. The highest BCUT2D eigenvalue weighted by Crippen LogP contribution is 2.09. The van der Waals surface area contributed by atoms with Gasteiger partial charge in [0.1, 0.15) is 0 Å². The first kappa shape index (κ1) is 13.9. The molecule has 0 fully saturated rings. The van der Waals surface area contributed by atoms with Crippen molar-refractivity contribution in [1.82, 2.24) is 5.32 Å². The van der Waals surface area contributed by atoms with E-state index in [1.165, 1.54) is 12.8 Å². The van der Waals surface area contributed by atoms with E-state index in [1.54, 1.807) is 0 Å². The van der Waals surface area contributed by atoms with Crippen LogP contribution in [0, 0.1) is 5.92 Å². The summed E-state index contributed by atoms with van der Waals surface area (Å²) in [5, 5.41) is 3.37. The highest BCUT2D eigenvalue weighted by molar-refractivity contribution is 4.66. The number of rotatable bonds is 8. The second-order valence-corrected chi connectivity index (χ2v) is 4.68. The van der Waals surface area contributed by atoms with E-state index >= 15 is 0 Å². The van der Waals surface area contributed by atoms with E-state index in [-0.39, 0.29) is 0 Å². The smallest absolute Gasteiger partial charge is 0.0518 e. The summed E-state index contributed by atoms with van der Waals surface area (Å²) in [6.45, 7) is 9.62. The minimum atomic E-state index is 0.369. The molecule has 0 aliphatic rings. The summed E-state index contributed by atoms with van der Waals surface area (Å²) in [5.74, 6) is 0.776. The highest BCUT2D eigenvalue weighted by Gasteiger charge is 2.07. The van der Waals surface area contributed by atoms with Gasteiger partial charge in [-0.05, 0) is 46.1 Å². The van der Waals surface area contributed by atoms with Crippen LogP contribution in [0.4, 0.5) is 0 Å². The topological polar surface area (TPSA) is 21.3 Å². The first-order chi connectivity index (χ1) is 6.56. The molecule has 1 atom stereocenters. The van der Waals surface area contributed by atoms with Crippen LogP contribution in [0.1, 0.15) is 47.0 Å². The van der Waals surface area contributed by atoms with Gasteiger partial charge in [0, 0.05) is 12.6 Å². The molecule has 0 aliphatic heterocycles. The zero-order valence-corrected chi connectivity index (χ0v) is 10.5. The third-order valence-corrected chi connectivity index (χ3v) is 2.31. The van der Waals surface area contributed by atoms with Gasteiger partial charge in [-0.25, -0.2) is 0 Å². The summed E-state index contributed by atoms with van der Waals surface area (Å²) in [4.78, 5) is 0. The second kappa shape index (κ2) is 8.25. The maximum absolute atomic E-state index is 5.51. The Hall–Kier alpha value is -0.0800. The lowest BCUT2D eigenvalue weighted by atomic mass is 10.0. The molecule has 0 saturated carbocycles. The number of nitrogens with one attached hydrogen (secondary N) is 1. The van der Waals surface area contributed by atoms with Gasteiger partial charge in [-0.15, -0.1) is 0 Å². The van der Waals surface area contributed by atoms with Crippen molar-refractivity contribution in [2.75, 3.05) is 13.7 Å². The lowest BCUT2D eigenvalue weighted by Crippen LogP contribution is -2.27. The van der Waals surface area contributed by atoms with Gasteiger partial charge in [-0.2, -0.15) is 0 Å². The fourth-order valence-electron chi connectivity index (χ4n) is 1.60. The number of hydrogen-bond acceptors (Lipinski definition) is 2. The Morgan fingerprint density at radius 3 is 2.21 bits per heavy atom. The molecule has 0 bridgehead atoms. The summed E-state index contributed by atoms with van der Waals surface area (Å²) < 4.78 is 5.51. The molecule has 2 heteroatoms. The van der Waals surface area contributed by atoms with Crippen LogP contribution in [0.3, 0.4) is 0 Å². The van der Waals surface area contributed by atoms with Crippen molar-refractivity contribution in [3.8, 4) is 0 Å². The standard InChI is InChI=1S/C12H27NO/c1-10(2)9-12(13-5)7-6-8-14-11(3)4/h10-13H,6-9H2,1-5H3. The summed E-state index contributed by atoms with van der Waals surface area (Å²) in [5.41, 5.74) is 0. The van der Waals surface area contributed by atoms with Gasteiger partial charge < -0.3 is 10.1 Å². The Balaban J connectivity index is 3.43. The minimum Gasteiger partial charge on any atom is -0.379 e. The van der Waals surface area contributed by atoms with Gasteiger partial charge in [0.05, 0.1) is 6.10 Å². The predicted molar refractivity (Wildman–Crippen MR) is 62.6 cm³/mol. The number of ether oxygens (including phenoxy) is 1. The van der Waals surface area contributed by atoms with Crippen molar-refractivity contribution in [2.24, 2.45) is 5.92 Å². The fourth-order valence-corrected chi connectivity index (χ4v) is 1.60. The molecular weight excluding hydrogens is 174 g/mol. The Bertz CT molecular complexity index is 123. The Labute approximate surface area is 89.4 Å². The summed E-state index contributed by atoms with van der Waals surface area (Å²) >= 11 is 0. The maximum Gasteiger partial charge on any atom is 0.0518 e. The molecule has 0 radical (unpaired) electrons.